The van der Waals surface area contributed by atoms with Gasteiger partial charge in [-0.05, 0) is 13.8 Å². The molecular formula is C8H13N3O. The van der Waals surface area contributed by atoms with Gasteiger partial charge in [-0.25, -0.2) is 9.97 Å². The number of hydrogen-bond donors (Lipinski definition) is 1. The molecule has 1 heterocycles. The fourth-order valence-electron chi connectivity index (χ4n) is 0.782. The topological polar surface area (TPSA) is 47.0 Å². The van der Waals surface area contributed by atoms with Crippen molar-refractivity contribution in [2.24, 2.45) is 0 Å². The lowest BCUT2D eigenvalue weighted by Gasteiger charge is -2.08. The average Bonchev–Trinajstić information content (AvgIpc) is 2.03. The molecule has 1 N–H and O–H groups in total. The van der Waals surface area contributed by atoms with E-state index in [1.807, 2.05) is 20.9 Å². The maximum atomic E-state index is 5.37. The van der Waals surface area contributed by atoms with Gasteiger partial charge in [0.25, 0.3) is 0 Å². The zero-order valence-corrected chi connectivity index (χ0v) is 7.53. The summed E-state index contributed by atoms with van der Waals surface area (Å²) < 4.78 is 5.37. The van der Waals surface area contributed by atoms with Gasteiger partial charge in [0.15, 0.2) is 0 Å². The van der Waals surface area contributed by atoms with E-state index in [1.165, 1.54) is 6.33 Å². The van der Waals surface area contributed by atoms with Crippen LogP contribution in [-0.4, -0.2) is 23.1 Å². The Kier molecular flexibility index (Phi) is 2.85. The molecule has 0 saturated carbocycles. The van der Waals surface area contributed by atoms with Crippen LogP contribution in [0.1, 0.15) is 13.8 Å². The monoisotopic (exact) mass is 167 g/mol. The van der Waals surface area contributed by atoms with Gasteiger partial charge in [0.2, 0.25) is 5.88 Å². The van der Waals surface area contributed by atoms with E-state index in [1.54, 1.807) is 6.07 Å². The first kappa shape index (κ1) is 8.77. The van der Waals surface area contributed by atoms with E-state index < -0.39 is 0 Å². The van der Waals surface area contributed by atoms with E-state index in [-0.39, 0.29) is 6.10 Å². The first-order valence-corrected chi connectivity index (χ1v) is 3.89. The Morgan fingerprint density at radius 2 is 2.17 bits per heavy atom. The minimum Gasteiger partial charge on any atom is -0.475 e. The summed E-state index contributed by atoms with van der Waals surface area (Å²) in [7, 11) is 1.81. The van der Waals surface area contributed by atoms with Crippen LogP contribution < -0.4 is 10.1 Å². The van der Waals surface area contributed by atoms with Gasteiger partial charge in [-0.1, -0.05) is 0 Å². The smallest absolute Gasteiger partial charge is 0.218 e. The molecule has 0 bridgehead atoms. The van der Waals surface area contributed by atoms with Crippen molar-refractivity contribution in [3.63, 3.8) is 0 Å². The van der Waals surface area contributed by atoms with Crippen molar-refractivity contribution < 1.29 is 4.74 Å². The van der Waals surface area contributed by atoms with Crippen LogP contribution in [0.25, 0.3) is 0 Å². The van der Waals surface area contributed by atoms with Crippen molar-refractivity contribution in [1.82, 2.24) is 9.97 Å². The Hall–Kier alpha value is -1.32. The molecule has 4 heteroatoms. The third-order valence-corrected chi connectivity index (χ3v) is 1.25. The van der Waals surface area contributed by atoms with E-state index in [0.29, 0.717) is 5.88 Å². The minimum atomic E-state index is 0.143. The van der Waals surface area contributed by atoms with E-state index in [0.717, 1.165) is 5.82 Å². The summed E-state index contributed by atoms with van der Waals surface area (Å²) in [5.74, 6) is 1.37. The van der Waals surface area contributed by atoms with Gasteiger partial charge in [-0.3, -0.25) is 0 Å². The maximum absolute atomic E-state index is 5.37. The SMILES string of the molecule is CNc1cc(OC(C)C)ncn1. The largest absolute Gasteiger partial charge is 0.475 e. The highest BCUT2D eigenvalue weighted by Gasteiger charge is 1.99. The Morgan fingerprint density at radius 1 is 1.42 bits per heavy atom. The molecule has 0 aliphatic rings. The quantitative estimate of drug-likeness (QED) is 0.737. The summed E-state index contributed by atoms with van der Waals surface area (Å²) in [5, 5.41) is 2.91. The fourth-order valence-corrected chi connectivity index (χ4v) is 0.782. The highest BCUT2D eigenvalue weighted by molar-refractivity contribution is 5.35. The summed E-state index contributed by atoms with van der Waals surface area (Å²) in [4.78, 5) is 7.92. The average molecular weight is 167 g/mol. The second-order valence-corrected chi connectivity index (χ2v) is 2.66. The standard InChI is InChI=1S/C8H13N3O/c1-6(2)12-8-4-7(9-3)10-5-11-8/h4-6H,1-3H3,(H,9,10,11). The molecular weight excluding hydrogens is 154 g/mol. The molecule has 0 atom stereocenters. The van der Waals surface area contributed by atoms with Crippen LogP contribution in [0.4, 0.5) is 5.82 Å². The Morgan fingerprint density at radius 3 is 2.75 bits per heavy atom. The molecule has 0 radical (unpaired) electrons. The van der Waals surface area contributed by atoms with Crippen LogP contribution in [0.3, 0.4) is 0 Å². The molecule has 4 nitrogen and oxygen atoms in total. The van der Waals surface area contributed by atoms with E-state index in [2.05, 4.69) is 15.3 Å². The van der Waals surface area contributed by atoms with Gasteiger partial charge < -0.3 is 10.1 Å². The molecule has 0 aliphatic heterocycles. The number of ether oxygens (including phenoxy) is 1. The fraction of sp³-hybridized carbons (Fsp3) is 0.500. The number of nitrogens with one attached hydrogen (secondary N) is 1. The molecule has 0 unspecified atom stereocenters. The van der Waals surface area contributed by atoms with E-state index in [9.17, 15) is 0 Å². The molecule has 1 rings (SSSR count). The molecule has 66 valence electrons. The zero-order chi connectivity index (χ0) is 8.97. The summed E-state index contributed by atoms with van der Waals surface area (Å²) in [6.07, 6.45) is 1.62. The summed E-state index contributed by atoms with van der Waals surface area (Å²) >= 11 is 0. The maximum Gasteiger partial charge on any atom is 0.218 e. The number of rotatable bonds is 3. The number of nitrogens with zero attached hydrogens (tertiary/aromatic N) is 2. The lowest BCUT2D eigenvalue weighted by molar-refractivity contribution is 0.232. The van der Waals surface area contributed by atoms with Gasteiger partial charge in [0.1, 0.15) is 12.1 Å². The van der Waals surface area contributed by atoms with E-state index >= 15 is 0 Å². The van der Waals surface area contributed by atoms with Crippen molar-refractivity contribution >= 4 is 5.82 Å². The number of hydrogen-bond acceptors (Lipinski definition) is 4. The van der Waals surface area contributed by atoms with Crippen LogP contribution in [0.15, 0.2) is 12.4 Å². The van der Waals surface area contributed by atoms with Gasteiger partial charge >= 0.3 is 0 Å². The highest BCUT2D eigenvalue weighted by Crippen LogP contribution is 2.11. The molecule has 12 heavy (non-hydrogen) atoms. The predicted octanol–water partition coefficient (Wildman–Crippen LogP) is 1.31. The zero-order valence-electron chi connectivity index (χ0n) is 7.53. The van der Waals surface area contributed by atoms with Gasteiger partial charge in [0, 0.05) is 13.1 Å². The molecule has 0 spiro atoms. The third kappa shape index (κ3) is 2.38. The molecule has 1 aromatic heterocycles. The lowest BCUT2D eigenvalue weighted by Crippen LogP contribution is -2.07. The van der Waals surface area contributed by atoms with Crippen LogP contribution in [0.2, 0.25) is 0 Å². The molecule has 1 aromatic rings. The Bertz CT molecular complexity index is 250. The first-order valence-electron chi connectivity index (χ1n) is 3.89. The van der Waals surface area contributed by atoms with Crippen molar-refractivity contribution in [2.75, 3.05) is 12.4 Å². The number of aromatic nitrogens is 2. The normalized spacial score (nSPS) is 10.0. The van der Waals surface area contributed by atoms with Crippen LogP contribution >= 0.6 is 0 Å². The second kappa shape index (κ2) is 3.90. The van der Waals surface area contributed by atoms with Crippen molar-refractivity contribution in [3.05, 3.63) is 12.4 Å². The second-order valence-electron chi connectivity index (χ2n) is 2.66. The minimum absolute atomic E-state index is 0.143. The van der Waals surface area contributed by atoms with E-state index in [4.69, 9.17) is 4.74 Å². The summed E-state index contributed by atoms with van der Waals surface area (Å²) in [6, 6.07) is 1.76. The molecule has 0 amide bonds. The van der Waals surface area contributed by atoms with Crippen molar-refractivity contribution in [1.29, 1.82) is 0 Å². The Labute approximate surface area is 72.0 Å². The predicted molar refractivity (Wildman–Crippen MR) is 47.3 cm³/mol. The summed E-state index contributed by atoms with van der Waals surface area (Å²) in [6.45, 7) is 3.92. The third-order valence-electron chi connectivity index (χ3n) is 1.25. The number of anilines is 1. The van der Waals surface area contributed by atoms with Gasteiger partial charge in [0.05, 0.1) is 6.10 Å². The first-order chi connectivity index (χ1) is 5.72. The molecule has 0 aliphatic carbocycles. The summed E-state index contributed by atoms with van der Waals surface area (Å²) in [5.41, 5.74) is 0. The van der Waals surface area contributed by atoms with Crippen LogP contribution in [0.5, 0.6) is 5.88 Å². The van der Waals surface area contributed by atoms with Crippen LogP contribution in [-0.2, 0) is 0 Å². The van der Waals surface area contributed by atoms with Crippen molar-refractivity contribution in [2.45, 2.75) is 20.0 Å². The highest BCUT2D eigenvalue weighted by atomic mass is 16.5. The van der Waals surface area contributed by atoms with Crippen molar-refractivity contribution in [3.8, 4) is 5.88 Å². The van der Waals surface area contributed by atoms with Gasteiger partial charge in [-0.15, -0.1) is 0 Å². The van der Waals surface area contributed by atoms with Crippen LogP contribution in [0, 0.1) is 0 Å². The molecule has 0 aromatic carbocycles. The van der Waals surface area contributed by atoms with Gasteiger partial charge in [-0.2, -0.15) is 0 Å². The Balaban J connectivity index is 2.72. The molecule has 0 saturated heterocycles. The molecule has 0 fully saturated rings. The lowest BCUT2D eigenvalue weighted by atomic mass is 10.5.